The van der Waals surface area contributed by atoms with Gasteiger partial charge in [-0.05, 0) is 36.8 Å². The van der Waals surface area contributed by atoms with Gasteiger partial charge in [0.25, 0.3) is 0 Å². The second-order valence-electron chi connectivity index (χ2n) is 8.51. The lowest BCUT2D eigenvalue weighted by Crippen LogP contribution is -2.27. The van der Waals surface area contributed by atoms with Crippen LogP contribution in [0.25, 0.3) is 22.2 Å². The van der Waals surface area contributed by atoms with Crippen molar-refractivity contribution in [3.8, 4) is 34.3 Å². The molecule has 1 N–H and O–H groups in total. The second kappa shape index (κ2) is 7.65. The molecule has 1 aromatic heterocycles. The number of aryl methyl sites for hydroxylation is 1. The van der Waals surface area contributed by atoms with E-state index in [1.165, 1.54) is 0 Å². The molecule has 0 radical (unpaired) electrons. The minimum absolute atomic E-state index is 0.0835. The molecule has 0 saturated carbocycles. The first kappa shape index (κ1) is 20.8. The maximum absolute atomic E-state index is 12.5. The molecule has 2 aromatic carbocycles. The Kier molecular flexibility index (Phi) is 5.13. The molecule has 0 unspecified atom stereocenters. The molecular weight excluding hydrogens is 396 g/mol. The largest absolute Gasteiger partial charge is 0.494 e. The fourth-order valence-corrected chi connectivity index (χ4v) is 3.42. The van der Waals surface area contributed by atoms with Gasteiger partial charge in [-0.25, -0.2) is 4.98 Å². The van der Waals surface area contributed by atoms with Gasteiger partial charge in [-0.15, -0.1) is 0 Å². The zero-order valence-electron chi connectivity index (χ0n) is 18.6. The summed E-state index contributed by atoms with van der Waals surface area (Å²) in [6.07, 6.45) is 0. The smallest absolute Gasteiger partial charge is 0.231 e. The SMILES string of the molecule is COc1cc2nc(-c3cc(OC)c4c(c3)OCO4)cc(C)c2cc1NC(=O)C(C)(C)C. The van der Waals surface area contributed by atoms with Crippen molar-refractivity contribution >= 4 is 22.5 Å². The highest BCUT2D eigenvalue weighted by Gasteiger charge is 2.24. The minimum atomic E-state index is -0.518. The molecule has 0 fully saturated rings. The number of rotatable bonds is 4. The van der Waals surface area contributed by atoms with E-state index in [-0.39, 0.29) is 12.7 Å². The van der Waals surface area contributed by atoms with E-state index in [0.29, 0.717) is 28.7 Å². The van der Waals surface area contributed by atoms with Crippen molar-refractivity contribution in [3.63, 3.8) is 0 Å². The summed E-state index contributed by atoms with van der Waals surface area (Å²) in [5, 5.41) is 3.90. The van der Waals surface area contributed by atoms with Crippen molar-refractivity contribution in [1.82, 2.24) is 4.98 Å². The predicted molar refractivity (Wildman–Crippen MR) is 119 cm³/mol. The summed E-state index contributed by atoms with van der Waals surface area (Å²) in [4.78, 5) is 17.3. The van der Waals surface area contributed by atoms with Crippen LogP contribution in [-0.4, -0.2) is 31.9 Å². The molecular formula is C24H26N2O5. The number of aromatic nitrogens is 1. The number of nitrogens with zero attached hydrogens (tertiary/aromatic N) is 1. The lowest BCUT2D eigenvalue weighted by atomic mass is 9.95. The topological polar surface area (TPSA) is 78.9 Å². The average molecular weight is 422 g/mol. The van der Waals surface area contributed by atoms with Crippen LogP contribution in [0.4, 0.5) is 5.69 Å². The van der Waals surface area contributed by atoms with E-state index in [1.54, 1.807) is 14.2 Å². The number of pyridine rings is 1. The van der Waals surface area contributed by atoms with Crippen LogP contribution in [0.1, 0.15) is 26.3 Å². The first-order valence-corrected chi connectivity index (χ1v) is 10.00. The van der Waals surface area contributed by atoms with Gasteiger partial charge in [0.15, 0.2) is 11.5 Å². The molecule has 7 heteroatoms. The molecule has 4 rings (SSSR count). The molecule has 1 amide bonds. The number of ether oxygens (including phenoxy) is 4. The van der Waals surface area contributed by atoms with E-state index in [4.69, 9.17) is 23.9 Å². The zero-order chi connectivity index (χ0) is 22.3. The molecule has 0 bridgehead atoms. The third-order valence-electron chi connectivity index (χ3n) is 5.22. The fourth-order valence-electron chi connectivity index (χ4n) is 3.42. The number of hydrogen-bond donors (Lipinski definition) is 1. The Bertz CT molecular complexity index is 1180. The van der Waals surface area contributed by atoms with Crippen molar-refractivity contribution in [2.45, 2.75) is 27.7 Å². The monoisotopic (exact) mass is 422 g/mol. The summed E-state index contributed by atoms with van der Waals surface area (Å²) >= 11 is 0. The number of carbonyl (C=O) groups is 1. The zero-order valence-corrected chi connectivity index (χ0v) is 18.6. The van der Waals surface area contributed by atoms with Crippen molar-refractivity contribution in [1.29, 1.82) is 0 Å². The van der Waals surface area contributed by atoms with E-state index in [1.807, 2.05) is 58.0 Å². The van der Waals surface area contributed by atoms with E-state index in [9.17, 15) is 4.79 Å². The lowest BCUT2D eigenvalue weighted by molar-refractivity contribution is -0.123. The maximum atomic E-state index is 12.5. The number of hydrogen-bond acceptors (Lipinski definition) is 6. The molecule has 7 nitrogen and oxygen atoms in total. The summed E-state index contributed by atoms with van der Waals surface area (Å²) in [6.45, 7) is 7.79. The number of anilines is 1. The number of nitrogens with one attached hydrogen (secondary N) is 1. The number of amides is 1. The van der Waals surface area contributed by atoms with E-state index in [0.717, 1.165) is 27.7 Å². The van der Waals surface area contributed by atoms with Gasteiger partial charge in [-0.2, -0.15) is 0 Å². The highest BCUT2D eigenvalue weighted by molar-refractivity contribution is 5.99. The van der Waals surface area contributed by atoms with Gasteiger partial charge in [0.1, 0.15) is 5.75 Å². The average Bonchev–Trinajstić information content (AvgIpc) is 3.20. The molecule has 162 valence electrons. The predicted octanol–water partition coefficient (Wildman–Crippen LogP) is 4.94. The number of carbonyl (C=O) groups excluding carboxylic acids is 1. The van der Waals surface area contributed by atoms with Crippen LogP contribution >= 0.6 is 0 Å². The summed E-state index contributed by atoms with van der Waals surface area (Å²) in [5.41, 5.74) is 3.51. The highest BCUT2D eigenvalue weighted by Crippen LogP contribution is 2.44. The number of benzene rings is 2. The van der Waals surface area contributed by atoms with Crippen LogP contribution < -0.4 is 24.3 Å². The third-order valence-corrected chi connectivity index (χ3v) is 5.22. The van der Waals surface area contributed by atoms with E-state index >= 15 is 0 Å². The Balaban J connectivity index is 1.81. The van der Waals surface area contributed by atoms with Crippen LogP contribution in [0, 0.1) is 12.3 Å². The molecule has 2 heterocycles. The number of methoxy groups -OCH3 is 2. The molecule has 0 atom stereocenters. The van der Waals surface area contributed by atoms with Gasteiger partial charge in [0, 0.05) is 22.4 Å². The fraction of sp³-hybridized carbons (Fsp3) is 0.333. The highest BCUT2D eigenvalue weighted by atomic mass is 16.7. The van der Waals surface area contributed by atoms with Crippen molar-refractivity contribution < 1.29 is 23.7 Å². The van der Waals surface area contributed by atoms with E-state index < -0.39 is 5.41 Å². The van der Waals surface area contributed by atoms with Crippen LogP contribution in [0.15, 0.2) is 30.3 Å². The molecule has 3 aromatic rings. The van der Waals surface area contributed by atoms with Crippen LogP contribution in [0.3, 0.4) is 0 Å². The Morgan fingerprint density at radius 2 is 1.77 bits per heavy atom. The van der Waals surface area contributed by atoms with Crippen molar-refractivity contribution in [3.05, 3.63) is 35.9 Å². The van der Waals surface area contributed by atoms with Gasteiger partial charge in [0.2, 0.25) is 18.4 Å². The molecule has 31 heavy (non-hydrogen) atoms. The van der Waals surface area contributed by atoms with Gasteiger partial charge >= 0.3 is 0 Å². The lowest BCUT2D eigenvalue weighted by Gasteiger charge is -2.20. The van der Waals surface area contributed by atoms with Crippen LogP contribution in [0.2, 0.25) is 0 Å². The Morgan fingerprint density at radius 3 is 2.45 bits per heavy atom. The Hall–Kier alpha value is -3.48. The number of fused-ring (bicyclic) bond motifs is 2. The molecule has 1 aliphatic heterocycles. The van der Waals surface area contributed by atoms with Crippen molar-refractivity contribution in [2.75, 3.05) is 26.3 Å². The molecule has 1 aliphatic rings. The first-order chi connectivity index (χ1) is 14.7. The molecule has 0 aliphatic carbocycles. The summed E-state index contributed by atoms with van der Waals surface area (Å²) in [5.74, 6) is 2.30. The third kappa shape index (κ3) is 3.83. The molecule has 0 spiro atoms. The summed E-state index contributed by atoms with van der Waals surface area (Å²) in [7, 11) is 3.17. The van der Waals surface area contributed by atoms with Gasteiger partial charge in [-0.3, -0.25) is 4.79 Å². The van der Waals surface area contributed by atoms with Gasteiger partial charge in [-0.1, -0.05) is 20.8 Å². The van der Waals surface area contributed by atoms with Crippen molar-refractivity contribution in [2.24, 2.45) is 5.41 Å². The Morgan fingerprint density at radius 1 is 1.03 bits per heavy atom. The maximum Gasteiger partial charge on any atom is 0.231 e. The normalized spacial score (nSPS) is 12.7. The van der Waals surface area contributed by atoms with Gasteiger partial charge < -0.3 is 24.3 Å². The van der Waals surface area contributed by atoms with Crippen LogP contribution in [-0.2, 0) is 4.79 Å². The molecule has 0 saturated heterocycles. The second-order valence-corrected chi connectivity index (χ2v) is 8.51. The Labute approximate surface area is 181 Å². The summed E-state index contributed by atoms with van der Waals surface area (Å²) < 4.78 is 22.0. The van der Waals surface area contributed by atoms with Gasteiger partial charge in [0.05, 0.1) is 31.1 Å². The first-order valence-electron chi connectivity index (χ1n) is 10.00. The van der Waals surface area contributed by atoms with Crippen LogP contribution in [0.5, 0.6) is 23.0 Å². The minimum Gasteiger partial charge on any atom is -0.494 e. The summed E-state index contributed by atoms with van der Waals surface area (Å²) in [6, 6.07) is 9.53. The quantitative estimate of drug-likeness (QED) is 0.642. The standard InChI is InChI=1S/C24H26N2O5/c1-13-7-16(14-8-20(29-6)22-21(9-14)30-12-31-22)25-17-11-19(28-5)18(10-15(13)17)26-23(27)24(2,3)4/h7-11H,12H2,1-6H3,(H,26,27). The van der Waals surface area contributed by atoms with E-state index in [2.05, 4.69) is 5.32 Å².